The van der Waals surface area contributed by atoms with Gasteiger partial charge < -0.3 is 9.46 Å². The van der Waals surface area contributed by atoms with E-state index in [0.717, 1.165) is 60.0 Å². The first-order valence-electron chi connectivity index (χ1n) is 38.8. The van der Waals surface area contributed by atoms with Crippen LogP contribution in [0.1, 0.15) is 91.7 Å². The van der Waals surface area contributed by atoms with Gasteiger partial charge in [0, 0.05) is 27.0 Å². The van der Waals surface area contributed by atoms with Crippen LogP contribution < -0.4 is 20.8 Å². The summed E-state index contributed by atoms with van der Waals surface area (Å²) in [5.74, 6) is 0. The molecular formula is C108H74NOP. The molecule has 1 heterocycles. The molecule has 22 rings (SSSR count). The molecule has 0 aromatic heterocycles. The van der Waals surface area contributed by atoms with E-state index in [4.69, 9.17) is 0 Å². The van der Waals surface area contributed by atoms with Crippen molar-refractivity contribution in [3.05, 3.63) is 490 Å². The van der Waals surface area contributed by atoms with Gasteiger partial charge in [0.15, 0.2) is 7.14 Å². The van der Waals surface area contributed by atoms with Crippen molar-refractivity contribution in [2.24, 2.45) is 0 Å². The number of nitrogens with zero attached hydrogens (tertiary/aromatic N) is 1. The highest BCUT2D eigenvalue weighted by Crippen LogP contribution is 2.62. The fourth-order valence-corrected chi connectivity index (χ4v) is 23.4. The van der Waals surface area contributed by atoms with Crippen LogP contribution in [0.3, 0.4) is 0 Å². The second-order valence-corrected chi connectivity index (χ2v) is 33.9. The van der Waals surface area contributed by atoms with Crippen LogP contribution in [0.25, 0.3) is 76.8 Å². The summed E-state index contributed by atoms with van der Waals surface area (Å²) in [6.07, 6.45) is 0. The zero-order valence-corrected chi connectivity index (χ0v) is 62.5. The van der Waals surface area contributed by atoms with Crippen molar-refractivity contribution in [1.82, 2.24) is 0 Å². The molecule has 0 saturated heterocycles. The van der Waals surface area contributed by atoms with E-state index in [1.54, 1.807) is 0 Å². The number of rotatable bonds is 11. The Labute approximate surface area is 647 Å². The van der Waals surface area contributed by atoms with Gasteiger partial charge in [0.2, 0.25) is 0 Å². The van der Waals surface area contributed by atoms with Gasteiger partial charge in [-0.25, -0.2) is 0 Å². The zero-order chi connectivity index (χ0) is 73.8. The van der Waals surface area contributed by atoms with Crippen LogP contribution in [-0.2, 0) is 26.2 Å². The van der Waals surface area contributed by atoms with Gasteiger partial charge in [0.1, 0.15) is 0 Å². The molecule has 1 aliphatic heterocycles. The van der Waals surface area contributed by atoms with Crippen molar-refractivity contribution < 1.29 is 4.57 Å². The molecule has 111 heavy (non-hydrogen) atoms. The number of hydrogen-bond acceptors (Lipinski definition) is 2. The molecule has 522 valence electrons. The molecular weight excluding hydrogens is 1360 g/mol. The SMILES string of the molecule is CC1(C)c2ccccc2N(c2ccc(C3(c4ccc5c(c4)c4ccc(C6(c7ccccc7)c7ccccc7-c7ccc(P(=O)(c8ccccc8)c8ccccc8)cc76)cc4c4ccc(C6(c7ccc(-c8ccccc8)cc7)c7ccccc7-c7ccccc76)cc54)c4ccccc4-c4ccccc43)cc2)c2ccccc21. The van der Waals surface area contributed by atoms with Gasteiger partial charge in [-0.05, 0) is 203 Å². The maximum absolute atomic E-state index is 16.8. The van der Waals surface area contributed by atoms with Crippen LogP contribution >= 0.6 is 7.14 Å². The van der Waals surface area contributed by atoms with Crippen LogP contribution in [0, 0.1) is 0 Å². The average molecular weight is 1430 g/mol. The predicted octanol–water partition coefficient (Wildman–Crippen LogP) is 25.7. The molecule has 0 saturated carbocycles. The van der Waals surface area contributed by atoms with Crippen molar-refractivity contribution >= 4 is 72.4 Å². The first kappa shape index (κ1) is 64.9. The zero-order valence-electron chi connectivity index (χ0n) is 61.6. The Morgan fingerprint density at radius 1 is 0.216 bits per heavy atom. The summed E-state index contributed by atoms with van der Waals surface area (Å²) in [5.41, 5.74) is 27.7. The summed E-state index contributed by atoms with van der Waals surface area (Å²) in [5, 5.41) is 9.41. The summed E-state index contributed by atoms with van der Waals surface area (Å²) in [7, 11) is -3.46. The first-order chi connectivity index (χ1) is 54.7. The minimum absolute atomic E-state index is 0.191. The Bertz CT molecular complexity index is 6700. The minimum atomic E-state index is -3.46. The largest absolute Gasteiger partial charge is 0.310 e. The summed E-state index contributed by atoms with van der Waals surface area (Å²) in [6.45, 7) is 4.72. The highest BCUT2D eigenvalue weighted by molar-refractivity contribution is 7.85. The molecule has 0 N–H and O–H groups in total. The van der Waals surface area contributed by atoms with E-state index >= 15 is 4.57 Å². The van der Waals surface area contributed by atoms with Gasteiger partial charge in [-0.1, -0.05) is 378 Å². The maximum atomic E-state index is 16.8. The Morgan fingerprint density at radius 3 is 0.919 bits per heavy atom. The summed E-state index contributed by atoms with van der Waals surface area (Å²) in [4.78, 5) is 2.48. The summed E-state index contributed by atoms with van der Waals surface area (Å²) >= 11 is 0. The quantitative estimate of drug-likeness (QED) is 0.0950. The standard InChI is InChI=1S/C108H74NOP/c1-105(2)100-47-25-27-49-103(100)109(104-50-28-26-48-101(104)105)79-60-55-75(56-61-79)107(97-44-22-17-39-88(97)89-40-18-23-45-98(89)107)77-58-64-83-92-67-76(106(74-53-51-72(52-54-74)71-29-7-3-8-30-71)95-42-20-15-37-86(95)87-38-16-21-43-96(87)106)57-63-84(92)94-69-78(59-65-85(94)93(83)68-77)108(73-31-9-4-10-32-73)99-46-24-19-41-90(99)91-66-62-82(70-102(91)108)111(110,80-33-11-5-12-34-80)81-35-13-6-14-36-81/h3-70H,1-2H3. The third-order valence-electron chi connectivity index (χ3n) is 25.6. The predicted molar refractivity (Wildman–Crippen MR) is 463 cm³/mol. The van der Waals surface area contributed by atoms with Crippen molar-refractivity contribution in [3.8, 4) is 44.5 Å². The second-order valence-electron chi connectivity index (χ2n) is 31.1. The van der Waals surface area contributed by atoms with Gasteiger partial charge in [0.05, 0.1) is 27.6 Å². The van der Waals surface area contributed by atoms with Crippen LogP contribution in [-0.4, -0.2) is 0 Å². The Morgan fingerprint density at radius 2 is 0.514 bits per heavy atom. The van der Waals surface area contributed by atoms with Gasteiger partial charge in [-0.3, -0.25) is 0 Å². The fraction of sp³-hybridized carbons (Fsp3) is 0.0556. The van der Waals surface area contributed by atoms with Crippen molar-refractivity contribution in [1.29, 1.82) is 0 Å². The van der Waals surface area contributed by atoms with E-state index in [9.17, 15) is 0 Å². The average Bonchev–Trinajstić information content (AvgIpc) is 1.58. The first-order valence-corrected chi connectivity index (χ1v) is 40.5. The van der Waals surface area contributed by atoms with Crippen LogP contribution in [0.5, 0.6) is 0 Å². The van der Waals surface area contributed by atoms with Crippen LogP contribution in [0.15, 0.2) is 413 Å². The third-order valence-corrected chi connectivity index (χ3v) is 28.6. The van der Waals surface area contributed by atoms with E-state index in [-0.39, 0.29) is 5.41 Å². The second kappa shape index (κ2) is 24.6. The molecule has 1 atom stereocenters. The summed E-state index contributed by atoms with van der Waals surface area (Å²) < 4.78 is 16.8. The lowest BCUT2D eigenvalue weighted by atomic mass is 9.66. The highest BCUT2D eigenvalue weighted by Gasteiger charge is 2.51. The Balaban J connectivity index is 0.831. The molecule has 4 aliphatic rings. The van der Waals surface area contributed by atoms with Crippen LogP contribution in [0.4, 0.5) is 17.1 Å². The lowest BCUT2D eigenvalue weighted by Crippen LogP contribution is -2.31. The topological polar surface area (TPSA) is 20.3 Å². The Hall–Kier alpha value is -13.2. The molecule has 0 fully saturated rings. The van der Waals surface area contributed by atoms with Crippen molar-refractivity contribution in [3.63, 3.8) is 0 Å². The van der Waals surface area contributed by atoms with Crippen LogP contribution in [0.2, 0.25) is 0 Å². The molecule has 0 bridgehead atoms. The molecule has 0 amide bonds. The van der Waals surface area contributed by atoms with Gasteiger partial charge in [0.25, 0.3) is 0 Å². The number of hydrogen-bond donors (Lipinski definition) is 0. The minimum Gasteiger partial charge on any atom is -0.310 e. The normalized spacial score (nSPS) is 15.6. The fourth-order valence-electron chi connectivity index (χ4n) is 20.8. The van der Waals surface area contributed by atoms with Gasteiger partial charge in [-0.2, -0.15) is 0 Å². The molecule has 3 aliphatic carbocycles. The third kappa shape index (κ3) is 9.06. The maximum Gasteiger partial charge on any atom is 0.171 e. The molecule has 18 aromatic rings. The van der Waals surface area contributed by atoms with Gasteiger partial charge in [-0.15, -0.1) is 0 Å². The highest BCUT2D eigenvalue weighted by atomic mass is 31.2. The molecule has 0 spiro atoms. The van der Waals surface area contributed by atoms with E-state index in [1.807, 2.05) is 60.7 Å². The number of anilines is 3. The van der Waals surface area contributed by atoms with E-state index in [1.165, 1.54) is 128 Å². The van der Waals surface area contributed by atoms with E-state index in [0.29, 0.717) is 0 Å². The number of benzene rings is 18. The number of fused-ring (bicyclic) bond motifs is 17. The smallest absolute Gasteiger partial charge is 0.171 e. The van der Waals surface area contributed by atoms with E-state index < -0.39 is 23.4 Å². The molecule has 18 aromatic carbocycles. The van der Waals surface area contributed by atoms with E-state index in [2.05, 4.69) is 371 Å². The van der Waals surface area contributed by atoms with Crippen molar-refractivity contribution in [2.75, 3.05) is 4.90 Å². The van der Waals surface area contributed by atoms with Crippen molar-refractivity contribution in [2.45, 2.75) is 35.5 Å². The lowest BCUT2D eigenvalue weighted by molar-refractivity contribution is 0.592. The summed E-state index contributed by atoms with van der Waals surface area (Å²) in [6, 6.07) is 154. The Kier molecular flexibility index (Phi) is 14.4. The van der Waals surface area contributed by atoms with Gasteiger partial charge >= 0.3 is 0 Å². The number of para-hydroxylation sites is 2. The lowest BCUT2D eigenvalue weighted by Gasteiger charge is -2.42. The monoisotopic (exact) mass is 1430 g/mol. The molecule has 2 nitrogen and oxygen atoms in total. The molecule has 0 radical (unpaired) electrons. The molecule has 1 unspecified atom stereocenters. The molecule has 3 heteroatoms.